The van der Waals surface area contributed by atoms with Gasteiger partial charge in [-0.3, -0.25) is 9.69 Å². The van der Waals surface area contributed by atoms with Crippen molar-refractivity contribution in [3.63, 3.8) is 0 Å². The number of morpholine rings is 1. The normalized spacial score (nSPS) is 19.0. The molecular formula is C23H27ClN2O2. The molecule has 0 radical (unpaired) electrons. The van der Waals surface area contributed by atoms with E-state index in [2.05, 4.69) is 34.5 Å². The number of amides is 1. The first-order chi connectivity index (χ1) is 13.7. The molecule has 1 aliphatic carbocycles. The lowest BCUT2D eigenvalue weighted by atomic mass is 9.64. The Morgan fingerprint density at radius 1 is 1.07 bits per heavy atom. The molecule has 1 amide bonds. The zero-order chi connectivity index (χ0) is 19.4. The number of hydrogen-bond donors (Lipinski definition) is 1. The van der Waals surface area contributed by atoms with Crippen LogP contribution in [0.4, 0.5) is 0 Å². The maximum atomic E-state index is 13.1. The molecule has 5 heteroatoms. The lowest BCUT2D eigenvalue weighted by Crippen LogP contribution is -2.49. The highest BCUT2D eigenvalue weighted by molar-refractivity contribution is 6.30. The number of hydrogen-bond acceptors (Lipinski definition) is 3. The molecule has 2 aromatic carbocycles. The summed E-state index contributed by atoms with van der Waals surface area (Å²) in [6.07, 6.45) is 2.85. The van der Waals surface area contributed by atoms with Crippen LogP contribution in [-0.4, -0.2) is 37.1 Å². The van der Waals surface area contributed by atoms with Gasteiger partial charge in [0.25, 0.3) is 0 Å². The molecule has 2 fully saturated rings. The molecule has 1 saturated carbocycles. The predicted molar refractivity (Wildman–Crippen MR) is 111 cm³/mol. The summed E-state index contributed by atoms with van der Waals surface area (Å²) in [6, 6.07) is 16.2. The van der Waals surface area contributed by atoms with E-state index in [9.17, 15) is 4.79 Å². The highest BCUT2D eigenvalue weighted by atomic mass is 35.5. The molecule has 0 aromatic heterocycles. The second-order valence-electron chi connectivity index (χ2n) is 7.84. The van der Waals surface area contributed by atoms with E-state index in [-0.39, 0.29) is 5.91 Å². The van der Waals surface area contributed by atoms with Crippen molar-refractivity contribution in [3.8, 4) is 0 Å². The molecule has 4 nitrogen and oxygen atoms in total. The molecule has 1 saturated heterocycles. The molecule has 0 bridgehead atoms. The molecule has 28 heavy (non-hydrogen) atoms. The van der Waals surface area contributed by atoms with Crippen molar-refractivity contribution in [1.29, 1.82) is 0 Å². The van der Waals surface area contributed by atoms with Gasteiger partial charge in [0, 0.05) is 31.2 Å². The van der Waals surface area contributed by atoms with Gasteiger partial charge in [-0.05, 0) is 41.7 Å². The number of carbonyl (C=O) groups excluding carboxylic acids is 1. The van der Waals surface area contributed by atoms with Gasteiger partial charge in [0.05, 0.1) is 18.6 Å². The van der Waals surface area contributed by atoms with Crippen LogP contribution in [-0.2, 0) is 28.0 Å². The van der Waals surface area contributed by atoms with E-state index < -0.39 is 5.41 Å². The maximum Gasteiger partial charge on any atom is 0.230 e. The molecule has 0 atom stereocenters. The summed E-state index contributed by atoms with van der Waals surface area (Å²) >= 11 is 6.16. The number of benzene rings is 2. The summed E-state index contributed by atoms with van der Waals surface area (Å²) in [4.78, 5) is 15.5. The average molecular weight is 399 g/mol. The van der Waals surface area contributed by atoms with Gasteiger partial charge in [-0.1, -0.05) is 54.4 Å². The predicted octanol–water partition coefficient (Wildman–Crippen LogP) is 3.91. The Labute approximate surface area is 171 Å². The summed E-state index contributed by atoms with van der Waals surface area (Å²) < 4.78 is 5.42. The summed E-state index contributed by atoms with van der Waals surface area (Å²) in [5.74, 6) is 0.111. The van der Waals surface area contributed by atoms with Crippen molar-refractivity contribution >= 4 is 17.5 Å². The fraction of sp³-hybridized carbons (Fsp3) is 0.435. The van der Waals surface area contributed by atoms with Crippen LogP contribution in [0, 0.1) is 0 Å². The zero-order valence-corrected chi connectivity index (χ0v) is 16.9. The quantitative estimate of drug-likeness (QED) is 0.802. The second kappa shape index (κ2) is 8.64. The van der Waals surface area contributed by atoms with Crippen molar-refractivity contribution in [2.45, 2.75) is 37.8 Å². The van der Waals surface area contributed by atoms with E-state index in [1.807, 2.05) is 24.3 Å². The van der Waals surface area contributed by atoms with Crippen molar-refractivity contribution < 1.29 is 9.53 Å². The summed E-state index contributed by atoms with van der Waals surface area (Å²) in [5.41, 5.74) is 3.03. The Morgan fingerprint density at radius 3 is 2.54 bits per heavy atom. The minimum Gasteiger partial charge on any atom is -0.379 e. The molecule has 0 spiro atoms. The van der Waals surface area contributed by atoms with Gasteiger partial charge in [0.15, 0.2) is 0 Å². The van der Waals surface area contributed by atoms with Crippen LogP contribution in [0.3, 0.4) is 0 Å². The van der Waals surface area contributed by atoms with E-state index >= 15 is 0 Å². The number of carbonyl (C=O) groups is 1. The average Bonchev–Trinajstić information content (AvgIpc) is 2.67. The zero-order valence-electron chi connectivity index (χ0n) is 16.1. The summed E-state index contributed by atoms with van der Waals surface area (Å²) in [6.45, 7) is 5.05. The Morgan fingerprint density at radius 2 is 1.82 bits per heavy atom. The topological polar surface area (TPSA) is 41.6 Å². The van der Waals surface area contributed by atoms with Gasteiger partial charge in [-0.2, -0.15) is 0 Å². The van der Waals surface area contributed by atoms with Gasteiger partial charge >= 0.3 is 0 Å². The first kappa shape index (κ1) is 19.4. The van der Waals surface area contributed by atoms with Crippen LogP contribution < -0.4 is 5.32 Å². The van der Waals surface area contributed by atoms with Crippen molar-refractivity contribution in [1.82, 2.24) is 10.2 Å². The number of nitrogens with zero attached hydrogens (tertiary/aromatic N) is 1. The van der Waals surface area contributed by atoms with Crippen LogP contribution in [0.2, 0.25) is 5.02 Å². The number of nitrogens with one attached hydrogen (secondary N) is 1. The Bertz CT molecular complexity index is 829. The third-order valence-electron chi connectivity index (χ3n) is 5.97. The first-order valence-electron chi connectivity index (χ1n) is 10.1. The third-order valence-corrected chi connectivity index (χ3v) is 6.21. The first-order valence-corrected chi connectivity index (χ1v) is 10.5. The fourth-order valence-corrected chi connectivity index (χ4v) is 4.36. The highest BCUT2D eigenvalue weighted by Crippen LogP contribution is 2.44. The molecule has 0 unspecified atom stereocenters. The van der Waals surface area contributed by atoms with Crippen LogP contribution in [0.5, 0.6) is 0 Å². The van der Waals surface area contributed by atoms with Crippen molar-refractivity contribution in [2.75, 3.05) is 26.3 Å². The van der Waals surface area contributed by atoms with Gasteiger partial charge in [-0.25, -0.2) is 0 Å². The van der Waals surface area contributed by atoms with Crippen LogP contribution >= 0.6 is 11.6 Å². The van der Waals surface area contributed by atoms with Gasteiger partial charge < -0.3 is 10.1 Å². The number of rotatable bonds is 6. The third kappa shape index (κ3) is 4.24. The van der Waals surface area contributed by atoms with Crippen LogP contribution in [0.15, 0.2) is 48.5 Å². The van der Waals surface area contributed by atoms with E-state index in [0.29, 0.717) is 11.6 Å². The molecule has 4 rings (SSSR count). The molecule has 1 N–H and O–H groups in total. The monoisotopic (exact) mass is 398 g/mol. The number of halogens is 1. The molecule has 2 aromatic rings. The van der Waals surface area contributed by atoms with Crippen LogP contribution in [0.1, 0.15) is 36.0 Å². The van der Waals surface area contributed by atoms with E-state index in [1.54, 1.807) is 0 Å². The highest BCUT2D eigenvalue weighted by Gasteiger charge is 2.45. The second-order valence-corrected chi connectivity index (χ2v) is 8.27. The molecule has 1 heterocycles. The molecule has 2 aliphatic rings. The minimum atomic E-state index is -0.420. The lowest BCUT2D eigenvalue weighted by Gasteiger charge is -2.40. The van der Waals surface area contributed by atoms with Gasteiger partial charge in [-0.15, -0.1) is 0 Å². The largest absolute Gasteiger partial charge is 0.379 e. The SMILES string of the molecule is O=C(NCc1cccc(CN2CCOCC2)c1)C1(c2cccc(Cl)c2)CCC1. The Kier molecular flexibility index (Phi) is 6.00. The lowest BCUT2D eigenvalue weighted by molar-refractivity contribution is -0.130. The Hall–Kier alpha value is -1.88. The summed E-state index contributed by atoms with van der Waals surface area (Å²) in [5, 5.41) is 3.86. The standard InChI is InChI=1S/C23H27ClN2O2/c24-21-7-2-6-20(15-21)23(8-3-9-23)22(27)25-16-18-4-1-5-19(14-18)17-26-10-12-28-13-11-26/h1-2,4-7,14-15H,3,8-13,16-17H2,(H,25,27). The molecule has 148 valence electrons. The van der Waals surface area contributed by atoms with Gasteiger partial charge in [0.2, 0.25) is 5.91 Å². The molecule has 1 aliphatic heterocycles. The van der Waals surface area contributed by atoms with Gasteiger partial charge in [0.1, 0.15) is 0 Å². The van der Waals surface area contributed by atoms with E-state index in [1.165, 1.54) is 5.56 Å². The fourth-order valence-electron chi connectivity index (χ4n) is 4.17. The summed E-state index contributed by atoms with van der Waals surface area (Å²) in [7, 11) is 0. The van der Waals surface area contributed by atoms with Crippen molar-refractivity contribution in [2.24, 2.45) is 0 Å². The van der Waals surface area contributed by atoms with Crippen LogP contribution in [0.25, 0.3) is 0 Å². The Balaban J connectivity index is 1.39. The van der Waals surface area contributed by atoms with E-state index in [0.717, 1.165) is 63.2 Å². The van der Waals surface area contributed by atoms with E-state index in [4.69, 9.17) is 16.3 Å². The van der Waals surface area contributed by atoms with Crippen molar-refractivity contribution in [3.05, 3.63) is 70.2 Å². The maximum absolute atomic E-state index is 13.1. The number of ether oxygens (including phenoxy) is 1. The minimum absolute atomic E-state index is 0.111. The smallest absolute Gasteiger partial charge is 0.230 e. The molecular weight excluding hydrogens is 372 g/mol.